The van der Waals surface area contributed by atoms with Crippen molar-refractivity contribution in [2.75, 3.05) is 17.7 Å². The van der Waals surface area contributed by atoms with E-state index in [4.69, 9.17) is 16.7 Å². The Kier molecular flexibility index (Phi) is 4.10. The van der Waals surface area contributed by atoms with Gasteiger partial charge >= 0.3 is 0 Å². The smallest absolute Gasteiger partial charge is 0.149 e. The number of hydrogen-bond donors (Lipinski definition) is 2. The van der Waals surface area contributed by atoms with Crippen molar-refractivity contribution in [3.05, 3.63) is 29.8 Å². The van der Waals surface area contributed by atoms with Crippen molar-refractivity contribution in [2.45, 2.75) is 6.10 Å². The minimum Gasteiger partial charge on any atom is -0.390 e. The predicted octanol–water partition coefficient (Wildman–Crippen LogP) is 1.98. The summed E-state index contributed by atoms with van der Waals surface area (Å²) in [5.41, 5.74) is 0.149. The van der Waals surface area contributed by atoms with Crippen LogP contribution in [-0.2, 0) is 0 Å². The summed E-state index contributed by atoms with van der Waals surface area (Å²) < 4.78 is 25.5. The second kappa shape index (κ2) is 5.12. The van der Waals surface area contributed by atoms with Crippen LogP contribution in [0.15, 0.2) is 18.2 Å². The summed E-state index contributed by atoms with van der Waals surface area (Å²) in [5.74, 6) is -1.26. The van der Waals surface area contributed by atoms with Gasteiger partial charge in [0.25, 0.3) is 0 Å². The molecule has 14 heavy (non-hydrogen) atoms. The molecule has 0 amide bonds. The number of rotatable bonds is 4. The second-order valence-corrected chi connectivity index (χ2v) is 3.12. The van der Waals surface area contributed by atoms with Gasteiger partial charge in [-0.2, -0.15) is 0 Å². The van der Waals surface area contributed by atoms with Crippen molar-refractivity contribution >= 4 is 17.3 Å². The van der Waals surface area contributed by atoms with Crippen molar-refractivity contribution in [3.63, 3.8) is 0 Å². The molecule has 78 valence electrons. The SMILES string of the molecule is OC(CCl)CNc1ccc(F)cc1F. The average molecular weight is 222 g/mol. The lowest BCUT2D eigenvalue weighted by atomic mass is 10.3. The van der Waals surface area contributed by atoms with Crippen molar-refractivity contribution < 1.29 is 13.9 Å². The van der Waals surface area contributed by atoms with E-state index in [-0.39, 0.29) is 18.1 Å². The Morgan fingerprint density at radius 3 is 2.71 bits per heavy atom. The van der Waals surface area contributed by atoms with E-state index < -0.39 is 17.7 Å². The summed E-state index contributed by atoms with van der Waals surface area (Å²) in [6.07, 6.45) is -0.749. The zero-order chi connectivity index (χ0) is 10.6. The van der Waals surface area contributed by atoms with Crippen LogP contribution in [0.5, 0.6) is 0 Å². The van der Waals surface area contributed by atoms with E-state index in [1.807, 2.05) is 0 Å². The van der Waals surface area contributed by atoms with E-state index in [1.54, 1.807) is 0 Å². The third-order valence-electron chi connectivity index (χ3n) is 1.64. The molecule has 2 nitrogen and oxygen atoms in total. The highest BCUT2D eigenvalue weighted by atomic mass is 35.5. The number of aliphatic hydroxyl groups excluding tert-OH is 1. The summed E-state index contributed by atoms with van der Waals surface area (Å²) in [5, 5.41) is 11.7. The van der Waals surface area contributed by atoms with E-state index in [9.17, 15) is 8.78 Å². The van der Waals surface area contributed by atoms with Crippen molar-refractivity contribution in [1.29, 1.82) is 0 Å². The van der Waals surface area contributed by atoms with Gasteiger partial charge in [0.1, 0.15) is 11.6 Å². The molecule has 1 unspecified atom stereocenters. The highest BCUT2D eigenvalue weighted by Gasteiger charge is 2.05. The molecule has 1 aromatic carbocycles. The fraction of sp³-hybridized carbons (Fsp3) is 0.333. The van der Waals surface area contributed by atoms with Crippen LogP contribution in [-0.4, -0.2) is 23.6 Å². The molecule has 0 aromatic heterocycles. The van der Waals surface area contributed by atoms with Gasteiger partial charge in [-0.05, 0) is 12.1 Å². The van der Waals surface area contributed by atoms with Crippen LogP contribution in [0.2, 0.25) is 0 Å². The largest absolute Gasteiger partial charge is 0.390 e. The molecule has 0 spiro atoms. The standard InChI is InChI=1S/C9H10ClF2NO/c10-4-7(14)5-13-9-2-1-6(11)3-8(9)12/h1-3,7,13-14H,4-5H2. The van der Waals surface area contributed by atoms with Crippen LogP contribution in [0.1, 0.15) is 0 Å². The van der Waals surface area contributed by atoms with Gasteiger partial charge in [-0.25, -0.2) is 8.78 Å². The topological polar surface area (TPSA) is 32.3 Å². The Bertz CT molecular complexity index is 309. The highest BCUT2D eigenvalue weighted by molar-refractivity contribution is 6.18. The highest BCUT2D eigenvalue weighted by Crippen LogP contribution is 2.14. The van der Waals surface area contributed by atoms with Gasteiger partial charge in [-0.15, -0.1) is 11.6 Å². The maximum absolute atomic E-state index is 13.0. The van der Waals surface area contributed by atoms with Crippen LogP contribution in [0.3, 0.4) is 0 Å². The Morgan fingerprint density at radius 2 is 2.14 bits per heavy atom. The van der Waals surface area contributed by atoms with Crippen molar-refractivity contribution in [2.24, 2.45) is 0 Å². The number of hydrogen-bond acceptors (Lipinski definition) is 2. The zero-order valence-electron chi connectivity index (χ0n) is 7.30. The number of alkyl halides is 1. The minimum atomic E-state index is -0.749. The monoisotopic (exact) mass is 221 g/mol. The molecule has 1 aromatic rings. The van der Waals surface area contributed by atoms with Crippen molar-refractivity contribution in [3.8, 4) is 0 Å². The first-order valence-corrected chi connectivity index (χ1v) is 4.60. The summed E-state index contributed by atoms with van der Waals surface area (Å²) in [6, 6.07) is 3.18. The van der Waals surface area contributed by atoms with Gasteiger partial charge in [0, 0.05) is 12.6 Å². The summed E-state index contributed by atoms with van der Waals surface area (Å²) in [7, 11) is 0. The fourth-order valence-corrected chi connectivity index (χ4v) is 1.02. The van der Waals surface area contributed by atoms with Crippen LogP contribution in [0, 0.1) is 11.6 Å². The Hall–Kier alpha value is -0.870. The molecule has 0 saturated carbocycles. The second-order valence-electron chi connectivity index (χ2n) is 2.81. The molecule has 2 N–H and O–H groups in total. The first-order valence-electron chi connectivity index (χ1n) is 4.06. The van der Waals surface area contributed by atoms with Gasteiger partial charge in [0.15, 0.2) is 0 Å². The number of aliphatic hydroxyl groups is 1. The summed E-state index contributed by atoms with van der Waals surface area (Å²) in [6.45, 7) is 0.131. The van der Waals surface area contributed by atoms with Crippen LogP contribution in [0.4, 0.5) is 14.5 Å². The summed E-state index contributed by atoms with van der Waals surface area (Å²) in [4.78, 5) is 0. The molecule has 0 aliphatic carbocycles. The molecular formula is C9H10ClF2NO. The Morgan fingerprint density at radius 1 is 1.43 bits per heavy atom. The molecule has 5 heteroatoms. The van der Waals surface area contributed by atoms with Crippen LogP contribution in [0.25, 0.3) is 0 Å². The third-order valence-corrected chi connectivity index (χ3v) is 1.99. The fourth-order valence-electron chi connectivity index (χ4n) is 0.915. The van der Waals surface area contributed by atoms with Gasteiger partial charge in [0.2, 0.25) is 0 Å². The molecule has 0 saturated heterocycles. The number of halogens is 3. The van der Waals surface area contributed by atoms with Crippen LogP contribution >= 0.6 is 11.6 Å². The Balaban J connectivity index is 2.59. The lowest BCUT2D eigenvalue weighted by Crippen LogP contribution is -2.21. The predicted molar refractivity (Wildman–Crippen MR) is 51.6 cm³/mol. The molecular weight excluding hydrogens is 212 g/mol. The van der Waals surface area contributed by atoms with Gasteiger partial charge in [-0.3, -0.25) is 0 Å². The molecule has 0 heterocycles. The molecule has 1 atom stereocenters. The van der Waals surface area contributed by atoms with E-state index in [0.717, 1.165) is 12.1 Å². The van der Waals surface area contributed by atoms with Crippen molar-refractivity contribution in [1.82, 2.24) is 0 Å². The Labute approximate surface area is 85.5 Å². The molecule has 0 fully saturated rings. The molecule has 1 rings (SSSR count). The lowest BCUT2D eigenvalue weighted by molar-refractivity contribution is 0.211. The summed E-state index contributed by atoms with van der Waals surface area (Å²) >= 11 is 5.34. The minimum absolute atomic E-state index is 0.0653. The lowest BCUT2D eigenvalue weighted by Gasteiger charge is -2.10. The molecule has 0 bridgehead atoms. The molecule has 0 radical (unpaired) electrons. The van der Waals surface area contributed by atoms with Crippen LogP contribution < -0.4 is 5.32 Å². The first-order chi connectivity index (χ1) is 6.63. The molecule has 0 aliphatic heterocycles. The quantitative estimate of drug-likeness (QED) is 0.762. The van der Waals surface area contributed by atoms with Gasteiger partial charge in [0.05, 0.1) is 17.7 Å². The van der Waals surface area contributed by atoms with Gasteiger partial charge < -0.3 is 10.4 Å². The van der Waals surface area contributed by atoms with E-state index in [0.29, 0.717) is 0 Å². The van der Waals surface area contributed by atoms with Gasteiger partial charge in [-0.1, -0.05) is 0 Å². The third kappa shape index (κ3) is 3.12. The van der Waals surface area contributed by atoms with E-state index in [1.165, 1.54) is 6.07 Å². The normalized spacial score (nSPS) is 12.6. The van der Waals surface area contributed by atoms with E-state index >= 15 is 0 Å². The average Bonchev–Trinajstić information content (AvgIpc) is 2.16. The first kappa shape index (κ1) is 11.2. The zero-order valence-corrected chi connectivity index (χ0v) is 8.06. The number of anilines is 1. The maximum atomic E-state index is 13.0. The number of nitrogens with one attached hydrogen (secondary N) is 1. The van der Waals surface area contributed by atoms with E-state index in [2.05, 4.69) is 5.32 Å². The maximum Gasteiger partial charge on any atom is 0.149 e. The molecule has 0 aliphatic rings. The number of benzene rings is 1.